The number of rotatable bonds is 5. The predicted octanol–water partition coefficient (Wildman–Crippen LogP) is 5.26. The SMILES string of the molecule is COc1cc(C=Cc2nc3n(n2)CC[C@@H](C)[C@@H]3c2ccc(F)cc2)ccc1-n1cnc(C)c1. The molecule has 6 nitrogen and oxygen atoms in total. The lowest BCUT2D eigenvalue weighted by Crippen LogP contribution is -2.24. The summed E-state index contributed by atoms with van der Waals surface area (Å²) in [5, 5.41) is 4.71. The zero-order valence-electron chi connectivity index (χ0n) is 18.9. The summed E-state index contributed by atoms with van der Waals surface area (Å²) in [6.45, 7) is 5.01. The van der Waals surface area contributed by atoms with Crippen molar-refractivity contribution in [1.29, 1.82) is 0 Å². The van der Waals surface area contributed by atoms with E-state index in [-0.39, 0.29) is 11.7 Å². The van der Waals surface area contributed by atoms with Crippen LogP contribution in [0.15, 0.2) is 55.0 Å². The van der Waals surface area contributed by atoms with Gasteiger partial charge in [-0.15, -0.1) is 0 Å². The summed E-state index contributed by atoms with van der Waals surface area (Å²) < 4.78 is 23.0. The van der Waals surface area contributed by atoms with Gasteiger partial charge in [-0.05, 0) is 60.7 Å². The molecule has 2 atom stereocenters. The summed E-state index contributed by atoms with van der Waals surface area (Å²) in [5.41, 5.74) is 3.94. The molecular formula is C26H26FN5O. The molecule has 168 valence electrons. The molecule has 0 amide bonds. The molecule has 2 aromatic carbocycles. The fourth-order valence-corrected chi connectivity index (χ4v) is 4.47. The van der Waals surface area contributed by atoms with Crippen molar-refractivity contribution in [3.05, 3.63) is 89.3 Å². The van der Waals surface area contributed by atoms with E-state index in [2.05, 4.69) is 11.9 Å². The van der Waals surface area contributed by atoms with E-state index >= 15 is 0 Å². The van der Waals surface area contributed by atoms with Crippen molar-refractivity contribution in [1.82, 2.24) is 24.3 Å². The Hall–Kier alpha value is -3.74. The minimum Gasteiger partial charge on any atom is -0.495 e. The molecule has 7 heteroatoms. The van der Waals surface area contributed by atoms with E-state index in [4.69, 9.17) is 14.8 Å². The van der Waals surface area contributed by atoms with Gasteiger partial charge in [-0.3, -0.25) is 0 Å². The van der Waals surface area contributed by atoms with Crippen LogP contribution >= 0.6 is 0 Å². The Kier molecular flexibility index (Phi) is 5.54. The Morgan fingerprint density at radius 3 is 2.67 bits per heavy atom. The van der Waals surface area contributed by atoms with Crippen molar-refractivity contribution >= 4 is 12.2 Å². The van der Waals surface area contributed by atoms with Crippen molar-refractivity contribution < 1.29 is 9.13 Å². The smallest absolute Gasteiger partial charge is 0.174 e. The Labute approximate surface area is 192 Å². The van der Waals surface area contributed by atoms with Gasteiger partial charge in [0.05, 0.1) is 24.8 Å². The number of aromatic nitrogens is 5. The highest BCUT2D eigenvalue weighted by molar-refractivity contribution is 5.69. The number of fused-ring (bicyclic) bond motifs is 1. The molecule has 2 aromatic heterocycles. The average Bonchev–Trinajstić information content (AvgIpc) is 3.44. The summed E-state index contributed by atoms with van der Waals surface area (Å²) in [6.07, 6.45) is 8.66. The Morgan fingerprint density at radius 2 is 1.94 bits per heavy atom. The summed E-state index contributed by atoms with van der Waals surface area (Å²) in [6, 6.07) is 12.8. The highest BCUT2D eigenvalue weighted by Gasteiger charge is 2.31. The number of imidazole rings is 1. The molecule has 0 fully saturated rings. The molecule has 0 radical (unpaired) electrons. The molecule has 0 unspecified atom stereocenters. The van der Waals surface area contributed by atoms with Crippen molar-refractivity contribution in [2.75, 3.05) is 7.11 Å². The van der Waals surface area contributed by atoms with Crippen LogP contribution in [0.3, 0.4) is 0 Å². The zero-order valence-corrected chi connectivity index (χ0v) is 18.9. The molecule has 0 saturated heterocycles. The second kappa shape index (κ2) is 8.65. The summed E-state index contributed by atoms with van der Waals surface area (Å²) in [5.74, 6) is 2.65. The van der Waals surface area contributed by atoms with E-state index in [9.17, 15) is 4.39 Å². The van der Waals surface area contributed by atoms with Gasteiger partial charge in [-0.25, -0.2) is 19.0 Å². The lowest BCUT2D eigenvalue weighted by atomic mass is 9.82. The van der Waals surface area contributed by atoms with Crippen molar-refractivity contribution in [2.24, 2.45) is 5.92 Å². The van der Waals surface area contributed by atoms with Gasteiger partial charge in [0.2, 0.25) is 0 Å². The minimum atomic E-state index is -0.225. The Bertz CT molecular complexity index is 1300. The average molecular weight is 444 g/mol. The number of halogens is 1. The highest BCUT2D eigenvalue weighted by Crippen LogP contribution is 2.37. The third-order valence-corrected chi connectivity index (χ3v) is 6.21. The highest BCUT2D eigenvalue weighted by atomic mass is 19.1. The molecule has 3 heterocycles. The standard InChI is InChI=1S/C26H26FN5O/c1-17-12-13-32-26(25(17)20-6-8-21(27)9-7-20)29-24(30-32)11-5-19-4-10-22(23(14-19)33-3)31-15-18(2)28-16-31/h4-11,14-17,25H,12-13H2,1-3H3/t17-,25-/m1/s1. The van der Waals surface area contributed by atoms with Gasteiger partial charge < -0.3 is 9.30 Å². The largest absolute Gasteiger partial charge is 0.495 e. The maximum absolute atomic E-state index is 13.4. The van der Waals surface area contributed by atoms with E-state index in [1.807, 2.05) is 64.9 Å². The molecule has 0 N–H and O–H groups in total. The van der Waals surface area contributed by atoms with Gasteiger partial charge in [0.15, 0.2) is 5.82 Å². The summed E-state index contributed by atoms with van der Waals surface area (Å²) >= 11 is 0. The van der Waals surface area contributed by atoms with Crippen LogP contribution in [0.25, 0.3) is 17.8 Å². The molecule has 0 saturated carbocycles. The Balaban J connectivity index is 1.42. The normalized spacial score (nSPS) is 17.9. The summed E-state index contributed by atoms with van der Waals surface area (Å²) in [7, 11) is 1.66. The first-order chi connectivity index (χ1) is 16.0. The fraction of sp³-hybridized carbons (Fsp3) is 0.269. The van der Waals surface area contributed by atoms with Gasteiger partial charge in [-0.1, -0.05) is 31.2 Å². The molecule has 0 spiro atoms. The predicted molar refractivity (Wildman–Crippen MR) is 126 cm³/mol. The zero-order chi connectivity index (χ0) is 22.9. The second-order valence-corrected chi connectivity index (χ2v) is 8.53. The molecule has 5 rings (SSSR count). The van der Waals surface area contributed by atoms with Gasteiger partial charge in [0.25, 0.3) is 0 Å². The van der Waals surface area contributed by atoms with E-state index in [0.717, 1.165) is 47.0 Å². The van der Waals surface area contributed by atoms with Crippen molar-refractivity contribution in [2.45, 2.75) is 32.7 Å². The monoisotopic (exact) mass is 443 g/mol. The van der Waals surface area contributed by atoms with Crippen LogP contribution in [0, 0.1) is 18.7 Å². The van der Waals surface area contributed by atoms with E-state index in [1.165, 1.54) is 12.1 Å². The number of nitrogens with zero attached hydrogens (tertiary/aromatic N) is 5. The topological polar surface area (TPSA) is 57.8 Å². The van der Waals surface area contributed by atoms with Crippen molar-refractivity contribution in [3.63, 3.8) is 0 Å². The first-order valence-electron chi connectivity index (χ1n) is 11.1. The first-order valence-corrected chi connectivity index (χ1v) is 11.1. The van der Waals surface area contributed by atoms with Gasteiger partial charge in [-0.2, -0.15) is 5.10 Å². The third-order valence-electron chi connectivity index (χ3n) is 6.21. The van der Waals surface area contributed by atoms with Crippen LogP contribution in [0.2, 0.25) is 0 Å². The quantitative estimate of drug-likeness (QED) is 0.422. The maximum Gasteiger partial charge on any atom is 0.174 e. The maximum atomic E-state index is 13.4. The molecule has 1 aliphatic heterocycles. The summed E-state index contributed by atoms with van der Waals surface area (Å²) in [4.78, 5) is 9.13. The van der Waals surface area contributed by atoms with Gasteiger partial charge in [0.1, 0.15) is 17.4 Å². The minimum absolute atomic E-state index is 0.104. The van der Waals surface area contributed by atoms with Crippen molar-refractivity contribution in [3.8, 4) is 11.4 Å². The fourth-order valence-electron chi connectivity index (χ4n) is 4.47. The number of aryl methyl sites for hydroxylation is 2. The van der Waals surface area contributed by atoms with Crippen LogP contribution in [0.1, 0.15) is 47.7 Å². The number of hydrogen-bond acceptors (Lipinski definition) is 4. The lowest BCUT2D eigenvalue weighted by molar-refractivity contribution is 0.347. The number of benzene rings is 2. The van der Waals surface area contributed by atoms with Gasteiger partial charge >= 0.3 is 0 Å². The van der Waals surface area contributed by atoms with Crippen LogP contribution in [-0.2, 0) is 6.54 Å². The molecule has 4 aromatic rings. The molecular weight excluding hydrogens is 417 g/mol. The second-order valence-electron chi connectivity index (χ2n) is 8.53. The molecule has 1 aliphatic rings. The van der Waals surface area contributed by atoms with Crippen LogP contribution in [0.5, 0.6) is 5.75 Å². The molecule has 33 heavy (non-hydrogen) atoms. The van der Waals surface area contributed by atoms with E-state index < -0.39 is 0 Å². The van der Waals surface area contributed by atoms with E-state index in [1.54, 1.807) is 13.4 Å². The van der Waals surface area contributed by atoms with E-state index in [0.29, 0.717) is 11.7 Å². The number of methoxy groups -OCH3 is 1. The number of hydrogen-bond donors (Lipinski definition) is 0. The Morgan fingerprint density at radius 1 is 1.12 bits per heavy atom. The first kappa shape index (κ1) is 21.1. The third kappa shape index (κ3) is 4.18. The molecule has 0 bridgehead atoms. The van der Waals surface area contributed by atoms with Crippen LogP contribution < -0.4 is 4.74 Å². The van der Waals surface area contributed by atoms with Crippen LogP contribution in [-0.4, -0.2) is 31.4 Å². The number of ether oxygens (including phenoxy) is 1. The lowest BCUT2D eigenvalue weighted by Gasteiger charge is -2.28. The molecule has 0 aliphatic carbocycles. The van der Waals surface area contributed by atoms with Crippen LogP contribution in [0.4, 0.5) is 4.39 Å². The van der Waals surface area contributed by atoms with Gasteiger partial charge in [0, 0.05) is 18.7 Å².